The molecule has 0 aromatic heterocycles. The zero-order chi connectivity index (χ0) is 19.5. The van der Waals surface area contributed by atoms with E-state index in [0.29, 0.717) is 5.41 Å². The van der Waals surface area contributed by atoms with E-state index in [2.05, 4.69) is 64.8 Å². The van der Waals surface area contributed by atoms with Crippen molar-refractivity contribution >= 4 is 0 Å². The minimum absolute atomic E-state index is 0.505. The molecule has 3 fully saturated rings. The van der Waals surface area contributed by atoms with Crippen LogP contribution in [0.4, 0.5) is 0 Å². The number of fused-ring (bicyclic) bond motifs is 5. The van der Waals surface area contributed by atoms with Crippen LogP contribution in [-0.2, 0) is 0 Å². The van der Waals surface area contributed by atoms with Crippen LogP contribution >= 0.6 is 0 Å². The molecule has 3 saturated carbocycles. The molecule has 27 heavy (non-hydrogen) atoms. The highest BCUT2D eigenvalue weighted by molar-refractivity contribution is 5.25. The Hall–Kier alpha value is -0.340. The molecule has 7 unspecified atom stereocenters. The maximum absolute atomic E-state index is 2.73. The first-order valence-electron chi connectivity index (χ1n) is 11.8. The van der Waals surface area contributed by atoms with E-state index in [1.807, 2.05) is 5.57 Å². The Kier molecular flexibility index (Phi) is 5.30. The third kappa shape index (κ3) is 3.14. The molecule has 0 N–H and O–H groups in total. The van der Waals surface area contributed by atoms with Gasteiger partial charge in [0.2, 0.25) is 0 Å². The van der Waals surface area contributed by atoms with Crippen LogP contribution in [0.1, 0.15) is 65.7 Å². The second kappa shape index (κ2) is 7.17. The molecule has 9 atom stereocenters. The predicted octanol–water partition coefficient (Wildman–Crippen LogP) is 5.30. The van der Waals surface area contributed by atoms with Gasteiger partial charge in [-0.15, -0.1) is 0 Å². The molecule has 0 aromatic rings. The number of hydrogen-bond acceptors (Lipinski definition) is 2. The Morgan fingerprint density at radius 3 is 2.48 bits per heavy atom. The highest BCUT2D eigenvalue weighted by Crippen LogP contribution is 2.63. The Labute approximate surface area is 168 Å². The third-order valence-electron chi connectivity index (χ3n) is 9.97. The topological polar surface area (TPSA) is 6.48 Å². The van der Waals surface area contributed by atoms with Gasteiger partial charge in [0, 0.05) is 12.1 Å². The van der Waals surface area contributed by atoms with E-state index in [0.717, 1.165) is 47.6 Å². The summed E-state index contributed by atoms with van der Waals surface area (Å²) in [5, 5.41) is 0. The third-order valence-corrected chi connectivity index (χ3v) is 9.97. The summed E-state index contributed by atoms with van der Waals surface area (Å²) in [6.07, 6.45) is 12.7. The van der Waals surface area contributed by atoms with E-state index in [-0.39, 0.29) is 0 Å². The van der Waals surface area contributed by atoms with Crippen molar-refractivity contribution in [1.82, 2.24) is 9.80 Å². The fraction of sp³-hybridized carbons (Fsp3) is 0.920. The maximum Gasteiger partial charge on any atom is 0.0127 e. The second-order valence-corrected chi connectivity index (χ2v) is 11.4. The second-order valence-electron chi connectivity index (χ2n) is 11.4. The molecular weight excluding hydrogens is 328 g/mol. The summed E-state index contributed by atoms with van der Waals surface area (Å²) in [6, 6.07) is 1.51. The van der Waals surface area contributed by atoms with Crippen LogP contribution < -0.4 is 0 Å². The first-order chi connectivity index (χ1) is 12.7. The largest absolute Gasteiger partial charge is 0.306 e. The quantitative estimate of drug-likeness (QED) is 0.620. The standard InChI is InChI=1S/C25H44N2/c1-16-14-22(17(2)26(4)5)20-10-11-23-21(24(16)20)9-8-18-15-19(27(6)7)12-13-25(18,23)3/h8,16-17,19-24H,9-15H2,1-7H3/t16?,17?,19?,20?,21?,22-,23?,24?,25+/m1/s1. The van der Waals surface area contributed by atoms with Crippen LogP contribution in [0.5, 0.6) is 0 Å². The Bertz CT molecular complexity index is 579. The first-order valence-corrected chi connectivity index (χ1v) is 11.8. The van der Waals surface area contributed by atoms with Crippen molar-refractivity contribution in [2.24, 2.45) is 40.9 Å². The molecule has 0 heterocycles. The van der Waals surface area contributed by atoms with Gasteiger partial charge >= 0.3 is 0 Å². The predicted molar refractivity (Wildman–Crippen MR) is 116 cm³/mol. The van der Waals surface area contributed by atoms with Gasteiger partial charge in [0.1, 0.15) is 0 Å². The summed E-state index contributed by atoms with van der Waals surface area (Å²) in [5.74, 6) is 5.73. The van der Waals surface area contributed by atoms with Gasteiger partial charge in [-0.2, -0.15) is 0 Å². The molecule has 2 heteroatoms. The summed E-state index contributed by atoms with van der Waals surface area (Å²) in [6.45, 7) is 7.73. The summed E-state index contributed by atoms with van der Waals surface area (Å²) < 4.78 is 0. The van der Waals surface area contributed by atoms with Crippen molar-refractivity contribution in [2.45, 2.75) is 77.8 Å². The van der Waals surface area contributed by atoms with Crippen LogP contribution in [0.3, 0.4) is 0 Å². The molecule has 4 rings (SSSR count). The Morgan fingerprint density at radius 1 is 1.07 bits per heavy atom. The SMILES string of the molecule is CC1C[C@H](C(C)N(C)C)C2CCC3C(CC=C4CC(N(C)C)CC[C@@]43C)C12. The monoisotopic (exact) mass is 372 g/mol. The van der Waals surface area contributed by atoms with Crippen LogP contribution in [0, 0.1) is 40.9 Å². The van der Waals surface area contributed by atoms with Gasteiger partial charge in [-0.25, -0.2) is 0 Å². The van der Waals surface area contributed by atoms with Crippen LogP contribution in [0.15, 0.2) is 11.6 Å². The summed E-state index contributed by atoms with van der Waals surface area (Å²) in [7, 11) is 9.12. The fourth-order valence-corrected chi connectivity index (χ4v) is 8.19. The minimum atomic E-state index is 0.505. The molecule has 0 amide bonds. The first kappa shape index (κ1) is 20.0. The van der Waals surface area contributed by atoms with Gasteiger partial charge in [-0.05, 0) is 121 Å². The van der Waals surface area contributed by atoms with E-state index < -0.39 is 0 Å². The van der Waals surface area contributed by atoms with E-state index in [4.69, 9.17) is 0 Å². The highest BCUT2D eigenvalue weighted by Gasteiger charge is 2.56. The lowest BCUT2D eigenvalue weighted by Crippen LogP contribution is -2.50. The van der Waals surface area contributed by atoms with E-state index >= 15 is 0 Å². The lowest BCUT2D eigenvalue weighted by atomic mass is 9.49. The van der Waals surface area contributed by atoms with Crippen LogP contribution in [-0.4, -0.2) is 50.1 Å². The normalized spacial score (nSPS) is 48.0. The van der Waals surface area contributed by atoms with Gasteiger partial charge in [0.05, 0.1) is 0 Å². The van der Waals surface area contributed by atoms with Crippen molar-refractivity contribution < 1.29 is 0 Å². The number of rotatable bonds is 3. The van der Waals surface area contributed by atoms with Crippen molar-refractivity contribution in [1.29, 1.82) is 0 Å². The lowest BCUT2D eigenvalue weighted by Gasteiger charge is -2.56. The van der Waals surface area contributed by atoms with Gasteiger partial charge in [-0.3, -0.25) is 0 Å². The zero-order valence-electron chi connectivity index (χ0n) is 19.0. The van der Waals surface area contributed by atoms with Crippen molar-refractivity contribution in [2.75, 3.05) is 28.2 Å². The van der Waals surface area contributed by atoms with Gasteiger partial charge in [0.25, 0.3) is 0 Å². The molecule has 4 aliphatic rings. The molecule has 0 aromatic carbocycles. The number of allylic oxidation sites excluding steroid dienone is 1. The highest BCUT2D eigenvalue weighted by atomic mass is 15.1. The van der Waals surface area contributed by atoms with Gasteiger partial charge in [-0.1, -0.05) is 25.5 Å². The van der Waals surface area contributed by atoms with Crippen molar-refractivity contribution in [3.05, 3.63) is 11.6 Å². The van der Waals surface area contributed by atoms with Gasteiger partial charge in [0.15, 0.2) is 0 Å². The minimum Gasteiger partial charge on any atom is -0.306 e. The Morgan fingerprint density at radius 2 is 1.81 bits per heavy atom. The smallest absolute Gasteiger partial charge is 0.0127 e. The molecule has 154 valence electrons. The number of nitrogens with zero attached hydrogens (tertiary/aromatic N) is 2. The van der Waals surface area contributed by atoms with E-state index in [9.17, 15) is 0 Å². The van der Waals surface area contributed by atoms with Crippen molar-refractivity contribution in [3.63, 3.8) is 0 Å². The molecule has 2 nitrogen and oxygen atoms in total. The summed E-state index contributed by atoms with van der Waals surface area (Å²) in [5.41, 5.74) is 2.33. The molecule has 4 aliphatic carbocycles. The molecule has 0 radical (unpaired) electrons. The summed E-state index contributed by atoms with van der Waals surface area (Å²) >= 11 is 0. The van der Waals surface area contributed by atoms with Crippen molar-refractivity contribution in [3.8, 4) is 0 Å². The lowest BCUT2D eigenvalue weighted by molar-refractivity contribution is -0.0172. The maximum atomic E-state index is 2.73. The molecule has 0 spiro atoms. The van der Waals surface area contributed by atoms with Crippen LogP contribution in [0.25, 0.3) is 0 Å². The molecule has 0 bridgehead atoms. The van der Waals surface area contributed by atoms with E-state index in [1.54, 1.807) is 0 Å². The molecular formula is C25H44N2. The summed E-state index contributed by atoms with van der Waals surface area (Å²) in [4.78, 5) is 4.95. The number of hydrogen-bond donors (Lipinski definition) is 0. The Balaban J connectivity index is 1.58. The average Bonchev–Trinajstić information content (AvgIpc) is 2.97. The fourth-order valence-electron chi connectivity index (χ4n) is 8.19. The molecule has 0 saturated heterocycles. The average molecular weight is 373 g/mol. The van der Waals surface area contributed by atoms with Crippen LogP contribution in [0.2, 0.25) is 0 Å². The molecule has 0 aliphatic heterocycles. The van der Waals surface area contributed by atoms with E-state index in [1.165, 1.54) is 44.9 Å². The van der Waals surface area contributed by atoms with Gasteiger partial charge < -0.3 is 9.80 Å². The zero-order valence-corrected chi connectivity index (χ0v) is 19.0.